The smallest absolute Gasteiger partial charge is 0.119 e. The lowest BCUT2D eigenvalue weighted by molar-refractivity contribution is 0.468. The summed E-state index contributed by atoms with van der Waals surface area (Å²) in [6, 6.07) is 14.5. The predicted octanol–water partition coefficient (Wildman–Crippen LogP) is 3.65. The van der Waals surface area contributed by atoms with Crippen LogP contribution in [0.15, 0.2) is 42.5 Å². The molecule has 0 fully saturated rings. The summed E-state index contributed by atoms with van der Waals surface area (Å²) in [5.74, 6) is 0.935. The van der Waals surface area contributed by atoms with Gasteiger partial charge in [-0.05, 0) is 47.2 Å². The molecule has 0 saturated heterocycles. The van der Waals surface area contributed by atoms with Crippen LogP contribution < -0.4 is 5.32 Å². The number of benzene rings is 2. The fourth-order valence-electron chi connectivity index (χ4n) is 2.98. The molecule has 1 heterocycles. The van der Waals surface area contributed by atoms with Crippen molar-refractivity contribution in [2.24, 2.45) is 0 Å². The van der Waals surface area contributed by atoms with Crippen LogP contribution in [0, 0.1) is 0 Å². The van der Waals surface area contributed by atoms with Gasteiger partial charge >= 0.3 is 0 Å². The predicted molar refractivity (Wildman–Crippen MR) is 89.6 cm³/mol. The van der Waals surface area contributed by atoms with Crippen molar-refractivity contribution in [3.8, 4) is 5.75 Å². The Morgan fingerprint density at radius 3 is 2.71 bits per heavy atom. The molecule has 112 valence electrons. The molecule has 2 nitrogen and oxygen atoms in total. The van der Waals surface area contributed by atoms with E-state index < -0.39 is 0 Å². The van der Waals surface area contributed by atoms with Crippen LogP contribution in [0.2, 0.25) is 0 Å². The maximum Gasteiger partial charge on any atom is 0.119 e. The Labute approximate surface area is 132 Å². The molecule has 1 unspecified atom stereocenters. The molecule has 0 aliphatic carbocycles. The Balaban J connectivity index is 0.00000161. The first-order chi connectivity index (χ1) is 9.74. The summed E-state index contributed by atoms with van der Waals surface area (Å²) >= 11 is 0. The van der Waals surface area contributed by atoms with Crippen LogP contribution in [0.25, 0.3) is 0 Å². The number of fused-ring (bicyclic) bond motifs is 1. The van der Waals surface area contributed by atoms with Crippen LogP contribution in [0.5, 0.6) is 5.75 Å². The molecule has 0 aromatic heterocycles. The van der Waals surface area contributed by atoms with E-state index in [-0.39, 0.29) is 12.4 Å². The minimum absolute atomic E-state index is 0. The van der Waals surface area contributed by atoms with E-state index >= 15 is 0 Å². The van der Waals surface area contributed by atoms with Gasteiger partial charge in [0.2, 0.25) is 0 Å². The summed E-state index contributed by atoms with van der Waals surface area (Å²) < 4.78 is 0. The summed E-state index contributed by atoms with van der Waals surface area (Å²) in [6.07, 6.45) is 1.79. The van der Waals surface area contributed by atoms with Gasteiger partial charge in [-0.1, -0.05) is 43.3 Å². The Bertz CT molecular complexity index is 598. The number of aromatic hydroxyl groups is 1. The Morgan fingerprint density at radius 2 is 1.95 bits per heavy atom. The fraction of sp³-hybridized carbons (Fsp3) is 0.333. The molecule has 1 atom stereocenters. The fourth-order valence-corrected chi connectivity index (χ4v) is 2.98. The van der Waals surface area contributed by atoms with Crippen LogP contribution in [0.4, 0.5) is 0 Å². The van der Waals surface area contributed by atoms with Gasteiger partial charge in [-0.2, -0.15) is 0 Å². The Morgan fingerprint density at radius 1 is 1.19 bits per heavy atom. The molecule has 3 rings (SSSR count). The van der Waals surface area contributed by atoms with Crippen LogP contribution in [0.3, 0.4) is 0 Å². The molecule has 3 heteroatoms. The zero-order chi connectivity index (χ0) is 13.9. The Hall–Kier alpha value is -1.51. The van der Waals surface area contributed by atoms with E-state index in [0.717, 1.165) is 31.5 Å². The normalized spacial score (nSPS) is 17.5. The van der Waals surface area contributed by atoms with Crippen LogP contribution in [0.1, 0.15) is 35.1 Å². The summed E-state index contributed by atoms with van der Waals surface area (Å²) in [4.78, 5) is 0. The van der Waals surface area contributed by atoms with Gasteiger partial charge in [0.15, 0.2) is 0 Å². The second kappa shape index (κ2) is 6.97. The molecule has 2 aromatic rings. The van der Waals surface area contributed by atoms with Gasteiger partial charge in [0.25, 0.3) is 0 Å². The standard InChI is InChI=1S/C18H21NO.ClH/c1-13-12-19-8-7-15-11-18(20)16(10-17(13)15)9-14-5-3-2-4-6-14;/h2-6,10-11,13,19-20H,7-9,12H2,1H3;1H. The van der Waals surface area contributed by atoms with E-state index in [0.29, 0.717) is 11.7 Å². The molecule has 0 bridgehead atoms. The van der Waals surface area contributed by atoms with Crippen molar-refractivity contribution in [1.82, 2.24) is 5.32 Å². The average molecular weight is 304 g/mol. The zero-order valence-corrected chi connectivity index (χ0v) is 13.1. The first-order valence-electron chi connectivity index (χ1n) is 7.33. The first kappa shape index (κ1) is 15.9. The topological polar surface area (TPSA) is 32.3 Å². The van der Waals surface area contributed by atoms with E-state index in [1.54, 1.807) is 0 Å². The molecule has 0 saturated carbocycles. The van der Waals surface area contributed by atoms with Crippen LogP contribution in [-0.2, 0) is 12.8 Å². The van der Waals surface area contributed by atoms with Crippen molar-refractivity contribution in [1.29, 1.82) is 0 Å². The molecule has 21 heavy (non-hydrogen) atoms. The highest BCUT2D eigenvalue weighted by atomic mass is 35.5. The maximum absolute atomic E-state index is 10.3. The SMILES string of the molecule is CC1CNCCc2cc(O)c(Cc3ccccc3)cc21.Cl. The largest absolute Gasteiger partial charge is 0.508 e. The van der Waals surface area contributed by atoms with E-state index in [1.807, 2.05) is 24.3 Å². The number of phenolic OH excluding ortho intramolecular Hbond substituents is 1. The number of rotatable bonds is 2. The van der Waals surface area contributed by atoms with Crippen molar-refractivity contribution in [3.63, 3.8) is 0 Å². The lowest BCUT2D eigenvalue weighted by Gasteiger charge is -2.15. The van der Waals surface area contributed by atoms with E-state index in [2.05, 4.69) is 30.4 Å². The molecule has 1 aliphatic rings. The number of hydrogen-bond donors (Lipinski definition) is 2. The van der Waals surface area contributed by atoms with E-state index in [1.165, 1.54) is 16.7 Å². The zero-order valence-electron chi connectivity index (χ0n) is 12.3. The lowest BCUT2D eigenvalue weighted by Crippen LogP contribution is -2.18. The highest BCUT2D eigenvalue weighted by Crippen LogP contribution is 2.30. The van der Waals surface area contributed by atoms with Gasteiger partial charge in [0, 0.05) is 13.0 Å². The second-order valence-electron chi connectivity index (χ2n) is 5.70. The number of phenols is 1. The van der Waals surface area contributed by atoms with Crippen LogP contribution in [-0.4, -0.2) is 18.2 Å². The minimum Gasteiger partial charge on any atom is -0.508 e. The van der Waals surface area contributed by atoms with Gasteiger partial charge in [-0.3, -0.25) is 0 Å². The summed E-state index contributed by atoms with van der Waals surface area (Å²) in [5, 5.41) is 13.7. The molecule has 1 aliphatic heterocycles. The Kier molecular flexibility index (Phi) is 5.27. The summed E-state index contributed by atoms with van der Waals surface area (Å²) in [6.45, 7) is 4.26. The van der Waals surface area contributed by atoms with E-state index in [4.69, 9.17) is 0 Å². The second-order valence-corrected chi connectivity index (χ2v) is 5.70. The molecular formula is C18H22ClNO. The molecule has 0 spiro atoms. The first-order valence-corrected chi connectivity index (χ1v) is 7.33. The van der Waals surface area contributed by atoms with Gasteiger partial charge in [0.05, 0.1) is 0 Å². The third-order valence-corrected chi connectivity index (χ3v) is 4.13. The van der Waals surface area contributed by atoms with Crippen molar-refractivity contribution in [2.75, 3.05) is 13.1 Å². The molecule has 0 radical (unpaired) electrons. The summed E-state index contributed by atoms with van der Waals surface area (Å²) in [7, 11) is 0. The monoisotopic (exact) mass is 303 g/mol. The number of hydrogen-bond acceptors (Lipinski definition) is 2. The third-order valence-electron chi connectivity index (χ3n) is 4.13. The van der Waals surface area contributed by atoms with E-state index in [9.17, 15) is 5.11 Å². The lowest BCUT2D eigenvalue weighted by atomic mass is 9.91. The third kappa shape index (κ3) is 3.58. The van der Waals surface area contributed by atoms with Crippen molar-refractivity contribution in [3.05, 3.63) is 64.7 Å². The molecule has 2 aromatic carbocycles. The molecule has 0 amide bonds. The quantitative estimate of drug-likeness (QED) is 0.887. The average Bonchev–Trinajstić information content (AvgIpc) is 2.63. The number of halogens is 1. The maximum atomic E-state index is 10.3. The van der Waals surface area contributed by atoms with Gasteiger partial charge in [0.1, 0.15) is 5.75 Å². The summed E-state index contributed by atoms with van der Waals surface area (Å²) in [5.41, 5.74) is 4.95. The molecular weight excluding hydrogens is 282 g/mol. The van der Waals surface area contributed by atoms with Crippen LogP contribution >= 0.6 is 12.4 Å². The van der Waals surface area contributed by atoms with Gasteiger partial charge in [-0.15, -0.1) is 12.4 Å². The van der Waals surface area contributed by atoms with Crippen molar-refractivity contribution < 1.29 is 5.11 Å². The van der Waals surface area contributed by atoms with Crippen molar-refractivity contribution >= 4 is 12.4 Å². The van der Waals surface area contributed by atoms with Crippen molar-refractivity contribution in [2.45, 2.75) is 25.7 Å². The van der Waals surface area contributed by atoms with Gasteiger partial charge in [-0.25, -0.2) is 0 Å². The number of nitrogens with one attached hydrogen (secondary N) is 1. The highest BCUT2D eigenvalue weighted by molar-refractivity contribution is 5.85. The highest BCUT2D eigenvalue weighted by Gasteiger charge is 2.17. The minimum atomic E-state index is 0. The molecule has 2 N–H and O–H groups in total. The van der Waals surface area contributed by atoms with Gasteiger partial charge < -0.3 is 10.4 Å².